The lowest BCUT2D eigenvalue weighted by Crippen LogP contribution is -2.20. The van der Waals surface area contributed by atoms with Gasteiger partial charge in [0.2, 0.25) is 0 Å². The summed E-state index contributed by atoms with van der Waals surface area (Å²) in [5.74, 6) is 0. The van der Waals surface area contributed by atoms with E-state index in [4.69, 9.17) is 4.74 Å². The number of H-pyrrole nitrogens is 1. The van der Waals surface area contributed by atoms with Gasteiger partial charge in [-0.3, -0.25) is 14.9 Å². The van der Waals surface area contributed by atoms with E-state index in [-0.39, 0.29) is 17.1 Å². The molecular weight excluding hydrogens is 264 g/mol. The first kappa shape index (κ1) is 12.5. The summed E-state index contributed by atoms with van der Waals surface area (Å²) in [6, 6.07) is 2.81. The van der Waals surface area contributed by atoms with Crippen LogP contribution in [0.15, 0.2) is 23.3 Å². The van der Waals surface area contributed by atoms with Gasteiger partial charge in [0, 0.05) is 12.7 Å². The lowest BCUT2D eigenvalue weighted by Gasteiger charge is -2.12. The molecule has 0 radical (unpaired) electrons. The van der Waals surface area contributed by atoms with Crippen LogP contribution in [0.3, 0.4) is 0 Å². The number of fused-ring (bicyclic) bond motifs is 1. The van der Waals surface area contributed by atoms with Crippen LogP contribution in [-0.2, 0) is 4.74 Å². The van der Waals surface area contributed by atoms with Gasteiger partial charge in [-0.05, 0) is 12.5 Å². The number of nitrogens with one attached hydrogen (secondary N) is 2. The number of rotatable bonds is 3. The standard InChI is InChI=1S/C12H12N4O4/c17-12-8-3-11(16(18)19)10(4-9(8)13-6-14-12)15-7-1-2-20-5-7/h3-4,6-7,15H,1-2,5H2,(H,13,14,17). The lowest BCUT2D eigenvalue weighted by atomic mass is 10.1. The van der Waals surface area contributed by atoms with Crippen LogP contribution in [0.25, 0.3) is 10.9 Å². The van der Waals surface area contributed by atoms with Crippen molar-refractivity contribution in [2.45, 2.75) is 12.5 Å². The Bertz CT molecular complexity index is 721. The number of hydrogen-bond acceptors (Lipinski definition) is 6. The van der Waals surface area contributed by atoms with E-state index in [1.807, 2.05) is 0 Å². The fourth-order valence-electron chi connectivity index (χ4n) is 2.24. The van der Waals surface area contributed by atoms with Crippen LogP contribution < -0.4 is 10.9 Å². The number of anilines is 1. The molecule has 1 aliphatic heterocycles. The van der Waals surface area contributed by atoms with Crippen LogP contribution >= 0.6 is 0 Å². The van der Waals surface area contributed by atoms with Crippen LogP contribution in [0.1, 0.15) is 6.42 Å². The van der Waals surface area contributed by atoms with Crippen LogP contribution in [0, 0.1) is 10.1 Å². The van der Waals surface area contributed by atoms with E-state index in [1.165, 1.54) is 18.5 Å². The van der Waals surface area contributed by atoms with E-state index in [2.05, 4.69) is 15.3 Å². The number of aromatic amines is 1. The van der Waals surface area contributed by atoms with Crippen molar-refractivity contribution in [1.82, 2.24) is 9.97 Å². The average molecular weight is 276 g/mol. The molecule has 2 N–H and O–H groups in total. The molecule has 1 unspecified atom stereocenters. The summed E-state index contributed by atoms with van der Waals surface area (Å²) >= 11 is 0. The third-order valence-electron chi connectivity index (χ3n) is 3.24. The third kappa shape index (κ3) is 2.21. The third-order valence-corrected chi connectivity index (χ3v) is 3.24. The predicted octanol–water partition coefficient (Wildman–Crippen LogP) is 1.03. The van der Waals surface area contributed by atoms with Gasteiger partial charge in [0.25, 0.3) is 11.2 Å². The second-order valence-corrected chi connectivity index (χ2v) is 4.58. The number of benzene rings is 1. The summed E-state index contributed by atoms with van der Waals surface area (Å²) in [5, 5.41) is 14.4. The minimum absolute atomic E-state index is 0.0353. The van der Waals surface area contributed by atoms with Crippen molar-refractivity contribution >= 4 is 22.3 Å². The van der Waals surface area contributed by atoms with Crippen LogP contribution in [-0.4, -0.2) is 34.1 Å². The number of nitro benzene ring substituents is 1. The Morgan fingerprint density at radius 1 is 1.50 bits per heavy atom. The Kier molecular flexibility index (Phi) is 3.07. The molecule has 20 heavy (non-hydrogen) atoms. The normalized spacial score (nSPS) is 18.3. The molecule has 1 aromatic heterocycles. The van der Waals surface area contributed by atoms with E-state index in [0.717, 1.165) is 6.42 Å². The minimum atomic E-state index is -0.510. The molecule has 2 aromatic rings. The largest absolute Gasteiger partial charge is 0.379 e. The lowest BCUT2D eigenvalue weighted by molar-refractivity contribution is -0.383. The Balaban J connectivity index is 2.11. The first-order valence-corrected chi connectivity index (χ1v) is 6.15. The average Bonchev–Trinajstić information content (AvgIpc) is 2.91. The number of aromatic nitrogens is 2. The van der Waals surface area contributed by atoms with Crippen molar-refractivity contribution in [3.8, 4) is 0 Å². The molecule has 3 rings (SSSR count). The summed E-state index contributed by atoms with van der Waals surface area (Å²) in [4.78, 5) is 28.7. The van der Waals surface area contributed by atoms with Gasteiger partial charge < -0.3 is 15.0 Å². The highest BCUT2D eigenvalue weighted by molar-refractivity contribution is 5.86. The molecule has 0 saturated carbocycles. The van der Waals surface area contributed by atoms with Crippen LogP contribution in [0.5, 0.6) is 0 Å². The number of hydrogen-bond donors (Lipinski definition) is 2. The number of nitrogens with zero attached hydrogens (tertiary/aromatic N) is 2. The Hall–Kier alpha value is -2.48. The van der Waals surface area contributed by atoms with E-state index in [0.29, 0.717) is 24.4 Å². The predicted molar refractivity (Wildman–Crippen MR) is 71.9 cm³/mol. The molecule has 0 bridgehead atoms. The van der Waals surface area contributed by atoms with Gasteiger partial charge in [0.1, 0.15) is 5.69 Å². The fraction of sp³-hybridized carbons (Fsp3) is 0.333. The molecule has 1 fully saturated rings. The van der Waals surface area contributed by atoms with Crippen molar-refractivity contribution < 1.29 is 9.66 Å². The van der Waals surface area contributed by atoms with Crippen molar-refractivity contribution in [2.75, 3.05) is 18.5 Å². The van der Waals surface area contributed by atoms with E-state index >= 15 is 0 Å². The summed E-state index contributed by atoms with van der Waals surface area (Å²) in [6.45, 7) is 1.15. The van der Waals surface area contributed by atoms with Crippen molar-refractivity contribution in [1.29, 1.82) is 0 Å². The molecule has 8 nitrogen and oxygen atoms in total. The van der Waals surface area contributed by atoms with Crippen LogP contribution in [0.4, 0.5) is 11.4 Å². The summed E-state index contributed by atoms with van der Waals surface area (Å²) in [5.41, 5.74) is 0.244. The monoisotopic (exact) mass is 276 g/mol. The van der Waals surface area contributed by atoms with Gasteiger partial charge in [0.15, 0.2) is 0 Å². The topological polar surface area (TPSA) is 110 Å². The minimum Gasteiger partial charge on any atom is -0.379 e. The van der Waals surface area contributed by atoms with Gasteiger partial charge >= 0.3 is 0 Å². The molecule has 1 aromatic carbocycles. The second-order valence-electron chi connectivity index (χ2n) is 4.58. The second kappa shape index (κ2) is 4.89. The van der Waals surface area contributed by atoms with E-state index in [1.54, 1.807) is 0 Å². The Morgan fingerprint density at radius 2 is 2.35 bits per heavy atom. The zero-order valence-corrected chi connectivity index (χ0v) is 10.5. The van der Waals surface area contributed by atoms with E-state index < -0.39 is 10.5 Å². The van der Waals surface area contributed by atoms with Gasteiger partial charge in [-0.1, -0.05) is 0 Å². The fourth-order valence-corrected chi connectivity index (χ4v) is 2.24. The van der Waals surface area contributed by atoms with Crippen molar-refractivity contribution in [3.05, 3.63) is 38.9 Å². The maximum atomic E-state index is 11.7. The Morgan fingerprint density at radius 3 is 3.05 bits per heavy atom. The Labute approximate surface area is 112 Å². The zero-order chi connectivity index (χ0) is 14.1. The van der Waals surface area contributed by atoms with Crippen molar-refractivity contribution in [2.24, 2.45) is 0 Å². The number of ether oxygens (including phenoxy) is 1. The molecule has 1 atom stereocenters. The highest BCUT2D eigenvalue weighted by Crippen LogP contribution is 2.29. The van der Waals surface area contributed by atoms with Crippen LogP contribution in [0.2, 0.25) is 0 Å². The zero-order valence-electron chi connectivity index (χ0n) is 10.5. The molecule has 2 heterocycles. The molecule has 0 spiro atoms. The maximum Gasteiger partial charge on any atom is 0.293 e. The van der Waals surface area contributed by atoms with Gasteiger partial charge in [-0.2, -0.15) is 0 Å². The summed E-state index contributed by atoms with van der Waals surface area (Å²) < 4.78 is 5.23. The van der Waals surface area contributed by atoms with Gasteiger partial charge in [-0.25, -0.2) is 4.98 Å². The van der Waals surface area contributed by atoms with E-state index in [9.17, 15) is 14.9 Å². The quantitative estimate of drug-likeness (QED) is 0.640. The molecule has 0 amide bonds. The summed E-state index contributed by atoms with van der Waals surface area (Å²) in [7, 11) is 0. The first-order valence-electron chi connectivity index (χ1n) is 6.15. The van der Waals surface area contributed by atoms with Gasteiger partial charge in [0.05, 0.1) is 34.8 Å². The maximum absolute atomic E-state index is 11.7. The SMILES string of the molecule is O=c1[nH]cnc2cc(NC3CCOC3)c([N+](=O)[O-])cc12. The molecule has 1 saturated heterocycles. The highest BCUT2D eigenvalue weighted by Gasteiger charge is 2.22. The molecule has 0 aliphatic carbocycles. The first-order chi connectivity index (χ1) is 9.65. The highest BCUT2D eigenvalue weighted by atomic mass is 16.6. The number of nitro groups is 1. The molecule has 104 valence electrons. The molecule has 8 heteroatoms. The van der Waals surface area contributed by atoms with Crippen molar-refractivity contribution in [3.63, 3.8) is 0 Å². The molecule has 1 aliphatic rings. The van der Waals surface area contributed by atoms with Gasteiger partial charge in [-0.15, -0.1) is 0 Å². The summed E-state index contributed by atoms with van der Waals surface area (Å²) in [6.07, 6.45) is 2.07. The smallest absolute Gasteiger partial charge is 0.293 e. The molecular formula is C12H12N4O4.